The van der Waals surface area contributed by atoms with Gasteiger partial charge in [0.25, 0.3) is 5.91 Å². The van der Waals surface area contributed by atoms with Crippen molar-refractivity contribution in [3.63, 3.8) is 0 Å². The Morgan fingerprint density at radius 1 is 1.29 bits per heavy atom. The van der Waals surface area contributed by atoms with E-state index in [4.69, 9.17) is 15.2 Å². The summed E-state index contributed by atoms with van der Waals surface area (Å²) in [5, 5.41) is 0. The van der Waals surface area contributed by atoms with E-state index in [9.17, 15) is 4.79 Å². The quantitative estimate of drug-likeness (QED) is 0.902. The summed E-state index contributed by atoms with van der Waals surface area (Å²) < 4.78 is 10.9. The van der Waals surface area contributed by atoms with E-state index in [1.807, 2.05) is 24.0 Å². The first-order valence-corrected chi connectivity index (χ1v) is 7.46. The zero-order chi connectivity index (χ0) is 15.2. The van der Waals surface area contributed by atoms with Crippen molar-refractivity contribution in [1.82, 2.24) is 4.90 Å². The zero-order valence-corrected chi connectivity index (χ0v) is 12.8. The molecule has 1 atom stereocenters. The summed E-state index contributed by atoms with van der Waals surface area (Å²) in [6.07, 6.45) is 3.37. The van der Waals surface area contributed by atoms with Gasteiger partial charge in [0.15, 0.2) is 18.1 Å². The number of nitrogens with two attached hydrogens (primary N) is 1. The van der Waals surface area contributed by atoms with E-state index in [0.29, 0.717) is 11.5 Å². The average Bonchev–Trinajstić information content (AvgIpc) is 2.53. The van der Waals surface area contributed by atoms with Gasteiger partial charge in [0.05, 0.1) is 7.11 Å². The molecule has 2 N–H and O–H groups in total. The predicted octanol–water partition coefficient (Wildman–Crippen LogP) is 2.11. The Kier molecular flexibility index (Phi) is 5.44. The van der Waals surface area contributed by atoms with E-state index in [2.05, 4.69) is 0 Å². The lowest BCUT2D eigenvalue weighted by Crippen LogP contribution is -2.38. The molecule has 1 aromatic carbocycles. The first kappa shape index (κ1) is 15.6. The van der Waals surface area contributed by atoms with Gasteiger partial charge in [-0.05, 0) is 43.9 Å². The van der Waals surface area contributed by atoms with Crippen LogP contribution in [0.2, 0.25) is 0 Å². The van der Waals surface area contributed by atoms with Gasteiger partial charge in [-0.1, -0.05) is 6.07 Å². The number of methoxy groups -OCH3 is 1. The number of ether oxygens (including phenoxy) is 2. The lowest BCUT2D eigenvalue weighted by molar-refractivity contribution is -0.134. The van der Waals surface area contributed by atoms with Crippen LogP contribution >= 0.6 is 0 Å². The summed E-state index contributed by atoms with van der Waals surface area (Å²) in [6, 6.07) is 5.49. The van der Waals surface area contributed by atoms with Gasteiger partial charge in [-0.2, -0.15) is 0 Å². The maximum atomic E-state index is 12.1. The minimum atomic E-state index is -0.0667. The van der Waals surface area contributed by atoms with Crippen molar-refractivity contribution >= 4 is 5.91 Å². The second-order valence-corrected chi connectivity index (χ2v) is 5.43. The van der Waals surface area contributed by atoms with Gasteiger partial charge in [-0.3, -0.25) is 4.79 Å². The number of benzene rings is 1. The van der Waals surface area contributed by atoms with Crippen LogP contribution in [-0.2, 0) is 4.79 Å². The van der Waals surface area contributed by atoms with Crippen LogP contribution in [0, 0.1) is 0 Å². The molecule has 1 aliphatic heterocycles. The molecule has 21 heavy (non-hydrogen) atoms. The first-order chi connectivity index (χ1) is 10.1. The molecule has 0 saturated carbocycles. The maximum Gasteiger partial charge on any atom is 0.260 e. The minimum absolute atomic E-state index is 0.0352. The molecular formula is C16H24N2O3. The number of piperidine rings is 1. The lowest BCUT2D eigenvalue weighted by Gasteiger charge is -2.26. The smallest absolute Gasteiger partial charge is 0.260 e. The monoisotopic (exact) mass is 292 g/mol. The van der Waals surface area contributed by atoms with Crippen LogP contribution in [0.3, 0.4) is 0 Å². The van der Waals surface area contributed by atoms with E-state index in [1.54, 1.807) is 13.2 Å². The predicted molar refractivity (Wildman–Crippen MR) is 81.5 cm³/mol. The van der Waals surface area contributed by atoms with Crippen molar-refractivity contribution in [2.75, 3.05) is 26.8 Å². The molecule has 5 heteroatoms. The summed E-state index contributed by atoms with van der Waals surface area (Å²) in [5.41, 5.74) is 6.82. The van der Waals surface area contributed by atoms with Crippen molar-refractivity contribution in [2.24, 2.45) is 5.73 Å². The number of nitrogens with zero attached hydrogens (tertiary/aromatic N) is 1. The summed E-state index contributed by atoms with van der Waals surface area (Å²) in [5.74, 6) is 1.22. The number of hydrogen-bond acceptors (Lipinski definition) is 4. The van der Waals surface area contributed by atoms with Crippen molar-refractivity contribution in [2.45, 2.75) is 32.2 Å². The van der Waals surface area contributed by atoms with Gasteiger partial charge < -0.3 is 20.1 Å². The highest BCUT2D eigenvalue weighted by atomic mass is 16.5. The fourth-order valence-corrected chi connectivity index (χ4v) is 2.46. The summed E-state index contributed by atoms with van der Waals surface area (Å²) in [4.78, 5) is 14.0. The van der Waals surface area contributed by atoms with Gasteiger partial charge >= 0.3 is 0 Å². The Labute approximate surface area is 126 Å². The SMILES string of the molecule is COc1cc(C(C)N)ccc1OCC(=O)N1CCCCC1. The van der Waals surface area contributed by atoms with E-state index in [-0.39, 0.29) is 18.6 Å². The molecule has 1 saturated heterocycles. The van der Waals surface area contributed by atoms with Crippen molar-refractivity contribution in [3.8, 4) is 11.5 Å². The number of likely N-dealkylation sites (tertiary alicyclic amines) is 1. The Bertz CT molecular complexity index is 482. The molecule has 0 bridgehead atoms. The van der Waals surface area contributed by atoms with Gasteiger partial charge in [0.2, 0.25) is 0 Å². The third-order valence-corrected chi connectivity index (χ3v) is 3.77. The van der Waals surface area contributed by atoms with Gasteiger partial charge in [0, 0.05) is 19.1 Å². The Balaban J connectivity index is 1.97. The number of carbonyl (C=O) groups excluding carboxylic acids is 1. The second kappa shape index (κ2) is 7.31. The lowest BCUT2D eigenvalue weighted by atomic mass is 10.1. The van der Waals surface area contributed by atoms with Crippen LogP contribution < -0.4 is 15.2 Å². The zero-order valence-electron chi connectivity index (χ0n) is 12.8. The average molecular weight is 292 g/mol. The number of amides is 1. The van der Waals surface area contributed by atoms with Crippen LogP contribution in [0.1, 0.15) is 37.8 Å². The highest BCUT2D eigenvalue weighted by Crippen LogP contribution is 2.29. The molecule has 1 aromatic rings. The number of rotatable bonds is 5. The van der Waals surface area contributed by atoms with Gasteiger partial charge in [0.1, 0.15) is 0 Å². The first-order valence-electron chi connectivity index (χ1n) is 7.46. The Morgan fingerprint density at radius 2 is 2.00 bits per heavy atom. The third kappa shape index (κ3) is 4.11. The van der Waals surface area contributed by atoms with Crippen LogP contribution in [0.25, 0.3) is 0 Å². The molecule has 1 heterocycles. The topological polar surface area (TPSA) is 64.8 Å². The van der Waals surface area contributed by atoms with Crippen LogP contribution in [0.4, 0.5) is 0 Å². The van der Waals surface area contributed by atoms with Crippen molar-refractivity contribution in [1.29, 1.82) is 0 Å². The molecule has 116 valence electrons. The summed E-state index contributed by atoms with van der Waals surface area (Å²) >= 11 is 0. The Morgan fingerprint density at radius 3 is 2.62 bits per heavy atom. The van der Waals surface area contributed by atoms with Crippen molar-refractivity contribution in [3.05, 3.63) is 23.8 Å². The van der Waals surface area contributed by atoms with Crippen LogP contribution in [0.15, 0.2) is 18.2 Å². The summed E-state index contributed by atoms with van der Waals surface area (Å²) in [6.45, 7) is 3.63. The number of carbonyl (C=O) groups is 1. The number of hydrogen-bond donors (Lipinski definition) is 1. The molecule has 0 aliphatic carbocycles. The molecule has 0 radical (unpaired) electrons. The van der Waals surface area contributed by atoms with E-state index in [1.165, 1.54) is 6.42 Å². The normalized spacial score (nSPS) is 16.4. The summed E-state index contributed by atoms with van der Waals surface area (Å²) in [7, 11) is 1.58. The highest BCUT2D eigenvalue weighted by Gasteiger charge is 2.17. The van der Waals surface area contributed by atoms with Gasteiger partial charge in [-0.15, -0.1) is 0 Å². The highest BCUT2D eigenvalue weighted by molar-refractivity contribution is 5.78. The second-order valence-electron chi connectivity index (χ2n) is 5.43. The van der Waals surface area contributed by atoms with E-state index < -0.39 is 0 Å². The van der Waals surface area contributed by atoms with E-state index in [0.717, 1.165) is 31.5 Å². The molecule has 1 unspecified atom stereocenters. The fourth-order valence-electron chi connectivity index (χ4n) is 2.46. The third-order valence-electron chi connectivity index (χ3n) is 3.77. The molecule has 1 fully saturated rings. The van der Waals surface area contributed by atoms with Crippen molar-refractivity contribution < 1.29 is 14.3 Å². The molecule has 0 aromatic heterocycles. The van der Waals surface area contributed by atoms with Gasteiger partial charge in [-0.25, -0.2) is 0 Å². The standard InChI is InChI=1S/C16H24N2O3/c1-12(17)13-6-7-14(15(10-13)20-2)21-11-16(19)18-8-4-3-5-9-18/h6-7,10,12H,3-5,8-9,11,17H2,1-2H3. The fraction of sp³-hybridized carbons (Fsp3) is 0.562. The van der Waals surface area contributed by atoms with Crippen LogP contribution in [-0.4, -0.2) is 37.6 Å². The molecule has 5 nitrogen and oxygen atoms in total. The van der Waals surface area contributed by atoms with Crippen LogP contribution in [0.5, 0.6) is 11.5 Å². The molecule has 0 spiro atoms. The molecule has 2 rings (SSSR count). The molecule has 1 amide bonds. The molecule has 1 aliphatic rings. The largest absolute Gasteiger partial charge is 0.493 e. The maximum absolute atomic E-state index is 12.1. The Hall–Kier alpha value is -1.75. The minimum Gasteiger partial charge on any atom is -0.493 e. The van der Waals surface area contributed by atoms with E-state index >= 15 is 0 Å². The molecular weight excluding hydrogens is 268 g/mol.